The number of fused-ring (bicyclic) bond motifs is 11. The van der Waals surface area contributed by atoms with Crippen molar-refractivity contribution in [3.05, 3.63) is 177 Å². The van der Waals surface area contributed by atoms with Crippen LogP contribution in [0.2, 0.25) is 0 Å². The summed E-state index contributed by atoms with van der Waals surface area (Å²) in [6.45, 7) is 6.72. The first-order valence-electron chi connectivity index (χ1n) is 17.3. The normalized spacial score (nSPS) is 11.6. The molecule has 0 amide bonds. The molecule has 0 unspecified atom stereocenters. The van der Waals surface area contributed by atoms with Crippen molar-refractivity contribution >= 4 is 71.3 Å². The molecule has 5 heteroatoms. The van der Waals surface area contributed by atoms with E-state index in [2.05, 4.69) is 131 Å². The minimum atomic E-state index is 0.789. The Morgan fingerprint density at radius 2 is 1.10 bits per heavy atom. The number of nitrogens with zero attached hydrogens (tertiary/aromatic N) is 3. The molecule has 52 heavy (non-hydrogen) atoms. The van der Waals surface area contributed by atoms with E-state index in [0.717, 1.165) is 88.6 Å². The maximum atomic E-state index is 6.44. The summed E-state index contributed by atoms with van der Waals surface area (Å²) < 4.78 is 17.2. The lowest BCUT2D eigenvalue weighted by Crippen LogP contribution is -1.93. The lowest BCUT2D eigenvalue weighted by molar-refractivity contribution is 0.633. The number of benzene rings is 6. The van der Waals surface area contributed by atoms with E-state index in [1.54, 1.807) is 12.2 Å². The van der Waals surface area contributed by atoms with Crippen molar-refractivity contribution in [2.45, 2.75) is 0 Å². The summed E-state index contributed by atoms with van der Waals surface area (Å²) in [4.78, 5) is 4.91. The van der Waals surface area contributed by atoms with Crippen LogP contribution in [0.25, 0.3) is 99.4 Å². The summed E-state index contributed by atoms with van der Waals surface area (Å²) >= 11 is 0. The average Bonchev–Trinajstić information content (AvgIpc) is 3.97. The molecule has 5 heterocycles. The van der Waals surface area contributed by atoms with E-state index in [4.69, 9.17) is 13.8 Å². The van der Waals surface area contributed by atoms with E-state index in [1.165, 1.54) is 10.8 Å². The average molecular weight is 670 g/mol. The molecule has 0 aliphatic carbocycles. The summed E-state index contributed by atoms with van der Waals surface area (Å²) in [6, 6.07) is 49.1. The number of allylic oxidation sites excluding steroid dienone is 2. The van der Waals surface area contributed by atoms with Crippen molar-refractivity contribution in [2.75, 3.05) is 0 Å². The van der Waals surface area contributed by atoms with Gasteiger partial charge < -0.3 is 17.8 Å². The van der Waals surface area contributed by atoms with Gasteiger partial charge in [-0.2, -0.15) is 0 Å². The van der Waals surface area contributed by atoms with Crippen LogP contribution in [0.1, 0.15) is 0 Å². The maximum Gasteiger partial charge on any atom is 0.178 e. The molecule has 0 bridgehead atoms. The monoisotopic (exact) mass is 669 g/mol. The number of furan rings is 2. The highest BCUT2D eigenvalue weighted by Gasteiger charge is 2.18. The molecule has 6 aromatic carbocycles. The molecule has 0 atom stereocenters. The number of rotatable bonds is 4. The van der Waals surface area contributed by atoms with Gasteiger partial charge >= 0.3 is 0 Å². The van der Waals surface area contributed by atoms with Gasteiger partial charge in [-0.3, -0.25) is 0 Å². The van der Waals surface area contributed by atoms with Gasteiger partial charge in [0.25, 0.3) is 0 Å². The van der Waals surface area contributed by atoms with Crippen LogP contribution in [-0.4, -0.2) is 14.0 Å². The summed E-state index contributed by atoms with van der Waals surface area (Å²) in [6.07, 6.45) is 7.41. The fourth-order valence-corrected chi connectivity index (χ4v) is 7.48. The molecule has 11 aromatic rings. The quantitative estimate of drug-likeness (QED) is 0.175. The highest BCUT2D eigenvalue weighted by Crippen LogP contribution is 2.41. The van der Waals surface area contributed by atoms with Crippen LogP contribution in [-0.2, 0) is 0 Å². The molecule has 5 aromatic heterocycles. The predicted octanol–water partition coefficient (Wildman–Crippen LogP) is 12.9. The van der Waals surface area contributed by atoms with Gasteiger partial charge in [-0.1, -0.05) is 98.1 Å². The first-order chi connectivity index (χ1) is 25.7. The number of aromatic nitrogens is 3. The number of pyridine rings is 1. The summed E-state index contributed by atoms with van der Waals surface area (Å²) in [5, 5.41) is 6.72. The Kier molecular flexibility index (Phi) is 6.73. The molecule has 0 radical (unpaired) electrons. The Morgan fingerprint density at radius 1 is 0.500 bits per heavy atom. The summed E-state index contributed by atoms with van der Waals surface area (Å²) in [5.74, 6) is 0. The van der Waals surface area contributed by atoms with E-state index < -0.39 is 0 Å². The van der Waals surface area contributed by atoms with Crippen molar-refractivity contribution in [3.8, 4) is 28.1 Å². The summed E-state index contributed by atoms with van der Waals surface area (Å²) in [5.41, 5.74) is 12.0. The third-order valence-corrected chi connectivity index (χ3v) is 9.92. The zero-order valence-corrected chi connectivity index (χ0v) is 28.2. The molecule has 11 rings (SSSR count). The second-order valence-electron chi connectivity index (χ2n) is 12.9. The Balaban J connectivity index is 0.000000808. The van der Waals surface area contributed by atoms with Crippen LogP contribution in [0, 0.1) is 0 Å². The first kappa shape index (κ1) is 29.8. The minimum Gasteiger partial charge on any atom is -0.452 e. The van der Waals surface area contributed by atoms with Crippen LogP contribution >= 0.6 is 0 Å². The van der Waals surface area contributed by atoms with E-state index in [9.17, 15) is 0 Å². The zero-order chi connectivity index (χ0) is 34.8. The second-order valence-corrected chi connectivity index (χ2v) is 12.9. The Bertz CT molecular complexity index is 3130. The van der Waals surface area contributed by atoms with Gasteiger partial charge in [0.1, 0.15) is 16.8 Å². The van der Waals surface area contributed by atoms with E-state index in [0.29, 0.717) is 0 Å². The van der Waals surface area contributed by atoms with E-state index in [1.807, 2.05) is 42.6 Å². The fraction of sp³-hybridized carbons (Fsp3) is 0. The number of hydrogen-bond donors (Lipinski definition) is 0. The van der Waals surface area contributed by atoms with Crippen LogP contribution in [0.5, 0.6) is 0 Å². The molecule has 5 nitrogen and oxygen atoms in total. The summed E-state index contributed by atoms with van der Waals surface area (Å²) in [7, 11) is 0. The van der Waals surface area contributed by atoms with Crippen molar-refractivity contribution in [3.63, 3.8) is 0 Å². The first-order valence-corrected chi connectivity index (χ1v) is 17.3. The van der Waals surface area contributed by atoms with Gasteiger partial charge in [0, 0.05) is 56.0 Å². The number of hydrogen-bond acceptors (Lipinski definition) is 3. The minimum absolute atomic E-state index is 0.789. The molecule has 0 aliphatic rings. The second kappa shape index (κ2) is 11.8. The van der Waals surface area contributed by atoms with Gasteiger partial charge in [0.2, 0.25) is 0 Å². The topological polar surface area (TPSA) is 48.5 Å². The zero-order valence-electron chi connectivity index (χ0n) is 28.2. The molecule has 0 fully saturated rings. The highest BCUT2D eigenvalue weighted by atomic mass is 16.4. The number of imidazole rings is 1. The Morgan fingerprint density at radius 3 is 1.85 bits per heavy atom. The largest absolute Gasteiger partial charge is 0.452 e. The van der Waals surface area contributed by atoms with Gasteiger partial charge in [0.05, 0.1) is 16.7 Å². The molecule has 0 aliphatic heterocycles. The van der Waals surface area contributed by atoms with Gasteiger partial charge in [-0.25, -0.2) is 4.98 Å². The maximum absolute atomic E-state index is 6.44. The van der Waals surface area contributed by atoms with E-state index >= 15 is 0 Å². The SMILES string of the molecule is C=CC=C.c1ccc(-n2c3cc(-c4ccc5oc6c(ccc7c8ccccc8oc76)c5c4)ccc3c3ccc(-c4cn5ccccc5n4)cc32)cc1. The standard InChI is InChI=1S/C43H25N3O2.C4H6/c1-2-8-29(9-3-1)46-37-23-27(13-16-30(37)31-17-14-28(24-38(31)46)36-25-45-21-7-6-12-41(45)44-36)26-15-20-40-35(22-26)34-19-18-33-32-10-4-5-11-39(32)47-42(33)43(34)48-40;1-3-4-2/h1-25H;3-4H,1-2H2. The van der Waals surface area contributed by atoms with Crippen molar-refractivity contribution in [2.24, 2.45) is 0 Å². The molecular weight excluding hydrogens is 639 g/mol. The Labute approximate surface area is 298 Å². The van der Waals surface area contributed by atoms with Crippen LogP contribution in [0.4, 0.5) is 0 Å². The van der Waals surface area contributed by atoms with Crippen molar-refractivity contribution in [1.29, 1.82) is 0 Å². The molecule has 0 N–H and O–H groups in total. The van der Waals surface area contributed by atoms with Crippen molar-refractivity contribution in [1.82, 2.24) is 14.0 Å². The van der Waals surface area contributed by atoms with Crippen LogP contribution in [0.3, 0.4) is 0 Å². The highest BCUT2D eigenvalue weighted by molar-refractivity contribution is 6.19. The van der Waals surface area contributed by atoms with Crippen LogP contribution < -0.4 is 0 Å². The van der Waals surface area contributed by atoms with Gasteiger partial charge in [-0.15, -0.1) is 0 Å². The third kappa shape index (κ3) is 4.60. The Hall–Kier alpha value is -7.11. The van der Waals surface area contributed by atoms with Crippen molar-refractivity contribution < 1.29 is 8.83 Å². The lowest BCUT2D eigenvalue weighted by Gasteiger charge is -2.09. The lowest BCUT2D eigenvalue weighted by atomic mass is 10.0. The van der Waals surface area contributed by atoms with E-state index in [-0.39, 0.29) is 0 Å². The third-order valence-electron chi connectivity index (χ3n) is 9.92. The smallest absolute Gasteiger partial charge is 0.178 e. The molecule has 246 valence electrons. The van der Waals surface area contributed by atoms with Gasteiger partial charge in [0.15, 0.2) is 11.2 Å². The van der Waals surface area contributed by atoms with Crippen LogP contribution in [0.15, 0.2) is 186 Å². The fourth-order valence-electron chi connectivity index (χ4n) is 7.48. The number of para-hydroxylation sites is 2. The molecule has 0 saturated heterocycles. The molecular formula is C47H31N3O2. The molecule has 0 saturated carbocycles. The molecule has 0 spiro atoms. The predicted molar refractivity (Wildman–Crippen MR) is 215 cm³/mol. The van der Waals surface area contributed by atoms with Gasteiger partial charge in [-0.05, 0) is 77.9 Å².